The van der Waals surface area contributed by atoms with Crippen LogP contribution in [0.5, 0.6) is 5.75 Å². The highest BCUT2D eigenvalue weighted by Crippen LogP contribution is 2.35. The predicted molar refractivity (Wildman–Crippen MR) is 268 cm³/mol. The van der Waals surface area contributed by atoms with Crippen molar-refractivity contribution in [2.75, 3.05) is 18.1 Å². The van der Waals surface area contributed by atoms with Crippen molar-refractivity contribution < 1.29 is 19.4 Å². The van der Waals surface area contributed by atoms with Gasteiger partial charge in [0.2, 0.25) is 0 Å². The van der Waals surface area contributed by atoms with E-state index < -0.39 is 0 Å². The molecule has 0 aliphatic rings. The number of carbonyl (C=O) groups excluding carboxylic acids is 2. The Balaban J connectivity index is 0.000000650. The van der Waals surface area contributed by atoms with Gasteiger partial charge >= 0.3 is 0 Å². The Morgan fingerprint density at radius 1 is 0.857 bits per heavy atom. The van der Waals surface area contributed by atoms with Crippen LogP contribution in [0.15, 0.2) is 90.0 Å². The zero-order valence-corrected chi connectivity index (χ0v) is 42.0. The van der Waals surface area contributed by atoms with Gasteiger partial charge in [0.1, 0.15) is 17.5 Å². The summed E-state index contributed by atoms with van der Waals surface area (Å²) in [5.74, 6) is 1.35. The predicted octanol–water partition coefficient (Wildman–Crippen LogP) is 15.2. The first-order valence-electron chi connectivity index (χ1n) is 23.0. The second-order valence-corrected chi connectivity index (χ2v) is 17.2. The monoisotopic (exact) mass is 880 g/mol. The zero-order valence-electron chi connectivity index (χ0n) is 41.3. The molecule has 0 bridgehead atoms. The van der Waals surface area contributed by atoms with E-state index in [1.807, 2.05) is 48.5 Å². The van der Waals surface area contributed by atoms with E-state index in [1.165, 1.54) is 44.7 Å². The Labute approximate surface area is 386 Å². The van der Waals surface area contributed by atoms with Gasteiger partial charge in [0.15, 0.2) is 5.78 Å². The van der Waals surface area contributed by atoms with Crippen LogP contribution in [0.3, 0.4) is 0 Å². The maximum atomic E-state index is 14.5. The van der Waals surface area contributed by atoms with Crippen LogP contribution in [0.2, 0.25) is 5.02 Å². The van der Waals surface area contributed by atoms with Crippen LogP contribution in [-0.2, 0) is 29.4 Å². The maximum absolute atomic E-state index is 14.5. The normalized spacial score (nSPS) is 11.9. The van der Waals surface area contributed by atoms with Gasteiger partial charge in [-0.3, -0.25) is 14.5 Å². The van der Waals surface area contributed by atoms with Crippen LogP contribution < -0.4 is 4.90 Å². The van der Waals surface area contributed by atoms with Gasteiger partial charge in [-0.2, -0.15) is 5.26 Å². The van der Waals surface area contributed by atoms with E-state index in [-0.39, 0.29) is 23.4 Å². The Kier molecular flexibility index (Phi) is 26.2. The van der Waals surface area contributed by atoms with Crippen LogP contribution in [0.4, 0.5) is 11.4 Å². The first-order valence-corrected chi connectivity index (χ1v) is 23.3. The number of amides is 1. The van der Waals surface area contributed by atoms with Crippen molar-refractivity contribution in [1.82, 2.24) is 4.57 Å². The number of phenolic OH excluding ortho intramolecular Hbond substituents is 1. The van der Waals surface area contributed by atoms with E-state index in [1.54, 1.807) is 70.1 Å². The minimum Gasteiger partial charge on any atom is -0.508 e. The van der Waals surface area contributed by atoms with Crippen molar-refractivity contribution in [3.05, 3.63) is 129 Å². The maximum Gasteiger partial charge on any atom is 0.262 e. The summed E-state index contributed by atoms with van der Waals surface area (Å²) in [5, 5.41) is 20.0. The van der Waals surface area contributed by atoms with Crippen LogP contribution in [0.25, 0.3) is 5.57 Å². The summed E-state index contributed by atoms with van der Waals surface area (Å²) < 4.78 is 6.87. The lowest BCUT2D eigenvalue weighted by atomic mass is 9.90. The number of Topliss-reactive ketones (excluding diaryl/α,β-unsaturated/α-hetero) is 1. The van der Waals surface area contributed by atoms with Gasteiger partial charge < -0.3 is 14.4 Å². The lowest BCUT2D eigenvalue weighted by Crippen LogP contribution is -2.28. The molecule has 1 aromatic heterocycles. The van der Waals surface area contributed by atoms with E-state index in [4.69, 9.17) is 16.3 Å². The quantitative estimate of drug-likeness (QED) is 0.0493. The van der Waals surface area contributed by atoms with E-state index in [2.05, 4.69) is 71.9 Å². The molecule has 3 aromatic carbocycles. The molecule has 1 unspecified atom stereocenters. The number of anilines is 2. The number of halogens is 1. The Morgan fingerprint density at radius 3 is 1.94 bits per heavy atom. The number of nitriles is 1. The number of aryl methyl sites for hydroxylation is 1. The van der Waals surface area contributed by atoms with Gasteiger partial charge in [-0.15, -0.1) is 0 Å². The molecular weight excluding hydrogens is 802 g/mol. The van der Waals surface area contributed by atoms with Gasteiger partial charge in [0, 0.05) is 47.8 Å². The van der Waals surface area contributed by atoms with Crippen LogP contribution in [0.1, 0.15) is 154 Å². The molecule has 1 N–H and O–H groups in total. The van der Waals surface area contributed by atoms with Crippen molar-refractivity contribution in [1.29, 1.82) is 5.26 Å². The standard InChI is InChI=1S/C31H32ClN3O3.C16H26.C6H14O.C2H6/c1-18(2)20(4)29(14-19(3)28-15-23(32)8-13-27(28)22(6)36)31(38)35(24-9-11-26(37)12-10-24)30-16-25(17-33)34(7)21(30)5;1-5-8-15-9-6-7-10-16(15)12-14(4)11-13(2)3;1-3-5-7-6-4-2;1-2/h8-16,18,37H,1-7H3;6-7,9-10,13-14H,5,8,11-12H2,1-4H3;3-6H2,1-2H3;1-2H3/b19-14+,29-20+;;;. The summed E-state index contributed by atoms with van der Waals surface area (Å²) in [6.45, 7) is 30.5. The minimum absolute atomic E-state index is 0.0536. The SMILES string of the molecule is CC.CC(=O)c1ccc(Cl)cc1/C(C)=C/C(C(=O)N(c1ccc(O)cc1)c1cc(C#N)n(C)c1C)=C(/C)C(C)C.CCCOCCC.CCCc1ccccc1CC(C)CC(C)C. The summed E-state index contributed by atoms with van der Waals surface area (Å²) in [6.07, 6.45) is 9.13. The first kappa shape index (κ1) is 56.1. The summed E-state index contributed by atoms with van der Waals surface area (Å²) in [6, 6.07) is 24.3. The number of ketones is 1. The van der Waals surface area contributed by atoms with E-state index >= 15 is 0 Å². The first-order chi connectivity index (χ1) is 29.9. The molecule has 0 saturated carbocycles. The molecule has 1 heterocycles. The molecule has 0 aliphatic carbocycles. The van der Waals surface area contributed by atoms with Gasteiger partial charge in [-0.1, -0.05) is 117 Å². The number of aromatic hydroxyl groups is 1. The number of benzene rings is 3. The number of hydrogen-bond acceptors (Lipinski definition) is 5. The molecule has 0 aliphatic heterocycles. The largest absolute Gasteiger partial charge is 0.508 e. The smallest absolute Gasteiger partial charge is 0.262 e. The molecule has 0 radical (unpaired) electrons. The topological polar surface area (TPSA) is 95.6 Å². The molecule has 0 fully saturated rings. The number of phenols is 1. The summed E-state index contributed by atoms with van der Waals surface area (Å²) >= 11 is 6.27. The number of nitrogens with zero attached hydrogens (tertiary/aromatic N) is 3. The highest BCUT2D eigenvalue weighted by molar-refractivity contribution is 6.31. The third-order valence-corrected chi connectivity index (χ3v) is 10.9. The number of carbonyl (C=O) groups is 2. The average molecular weight is 881 g/mol. The second-order valence-electron chi connectivity index (χ2n) is 16.7. The van der Waals surface area contributed by atoms with Crippen molar-refractivity contribution in [3.8, 4) is 11.8 Å². The van der Waals surface area contributed by atoms with Crippen molar-refractivity contribution in [3.63, 3.8) is 0 Å². The average Bonchev–Trinajstić information content (AvgIpc) is 3.53. The molecule has 0 spiro atoms. The van der Waals surface area contributed by atoms with Gasteiger partial charge in [0.05, 0.1) is 5.69 Å². The lowest BCUT2D eigenvalue weighted by molar-refractivity contribution is -0.114. The number of aromatic nitrogens is 1. The molecule has 1 amide bonds. The van der Waals surface area contributed by atoms with Gasteiger partial charge in [0.25, 0.3) is 5.91 Å². The second kappa shape index (κ2) is 29.5. The van der Waals surface area contributed by atoms with Crippen LogP contribution in [0, 0.1) is 36.0 Å². The van der Waals surface area contributed by atoms with Crippen LogP contribution in [-0.4, -0.2) is 34.6 Å². The molecule has 4 rings (SSSR count). The number of hydrogen-bond donors (Lipinski definition) is 1. The summed E-state index contributed by atoms with van der Waals surface area (Å²) in [7, 11) is 1.78. The Hall–Kier alpha value is -4.90. The van der Waals surface area contributed by atoms with Gasteiger partial charge in [-0.25, -0.2) is 0 Å². The van der Waals surface area contributed by atoms with E-state index in [9.17, 15) is 20.0 Å². The molecule has 63 heavy (non-hydrogen) atoms. The molecular formula is C55H78ClN3O4. The number of allylic oxidation sites excluding steroid dienone is 2. The molecule has 7 nitrogen and oxygen atoms in total. The molecule has 8 heteroatoms. The number of ether oxygens (including phenoxy) is 1. The highest BCUT2D eigenvalue weighted by Gasteiger charge is 2.27. The molecule has 4 aromatic rings. The number of rotatable bonds is 17. The van der Waals surface area contributed by atoms with Gasteiger partial charge in [-0.05, 0) is 154 Å². The lowest BCUT2D eigenvalue weighted by Gasteiger charge is -2.25. The third-order valence-electron chi connectivity index (χ3n) is 10.6. The third kappa shape index (κ3) is 18.0. The van der Waals surface area contributed by atoms with Crippen molar-refractivity contribution in [2.45, 2.75) is 135 Å². The molecule has 0 saturated heterocycles. The fourth-order valence-corrected chi connectivity index (χ4v) is 7.30. The zero-order chi connectivity index (χ0) is 47.8. The van der Waals surface area contributed by atoms with Crippen molar-refractivity contribution >= 4 is 40.2 Å². The summed E-state index contributed by atoms with van der Waals surface area (Å²) in [4.78, 5) is 28.4. The molecule has 344 valence electrons. The van der Waals surface area contributed by atoms with E-state index in [0.29, 0.717) is 44.4 Å². The Morgan fingerprint density at radius 2 is 1.44 bits per heavy atom. The highest BCUT2D eigenvalue weighted by atomic mass is 35.5. The van der Waals surface area contributed by atoms with E-state index in [0.717, 1.165) is 49.2 Å². The van der Waals surface area contributed by atoms with Crippen molar-refractivity contribution in [2.24, 2.45) is 24.8 Å². The fraction of sp³-hybridized carbons (Fsp3) is 0.473. The fourth-order valence-electron chi connectivity index (χ4n) is 7.13. The van der Waals surface area contributed by atoms with Crippen LogP contribution >= 0.6 is 11.6 Å². The Bertz CT molecular complexity index is 2110. The molecule has 1 atom stereocenters. The summed E-state index contributed by atoms with van der Waals surface area (Å²) in [5.41, 5.74) is 8.59. The minimum atomic E-state index is -0.300.